The Bertz CT molecular complexity index is 798. The van der Waals surface area contributed by atoms with E-state index in [0.29, 0.717) is 17.7 Å². The molecule has 0 radical (unpaired) electrons. The molecule has 0 bridgehead atoms. The van der Waals surface area contributed by atoms with Crippen molar-refractivity contribution in [1.29, 1.82) is 0 Å². The Morgan fingerprint density at radius 2 is 1.75 bits per heavy atom. The Labute approximate surface area is 115 Å². The van der Waals surface area contributed by atoms with Gasteiger partial charge in [0.1, 0.15) is 5.82 Å². The first-order valence-corrected chi connectivity index (χ1v) is 7.38. The van der Waals surface area contributed by atoms with Crippen molar-refractivity contribution >= 4 is 21.5 Å². The van der Waals surface area contributed by atoms with Crippen molar-refractivity contribution in [3.05, 3.63) is 59.4 Å². The molecule has 1 aliphatic carbocycles. The van der Waals surface area contributed by atoms with E-state index < -0.39 is 15.8 Å². The summed E-state index contributed by atoms with van der Waals surface area (Å²) in [6.07, 6.45) is 0.403. The molecule has 0 saturated heterocycles. The summed E-state index contributed by atoms with van der Waals surface area (Å²) in [6.45, 7) is 0. The number of sulfonamides is 1. The van der Waals surface area contributed by atoms with Gasteiger partial charge in [-0.1, -0.05) is 6.07 Å². The minimum Gasteiger partial charge on any atom is -0.294 e. The van der Waals surface area contributed by atoms with E-state index in [9.17, 15) is 17.6 Å². The van der Waals surface area contributed by atoms with Gasteiger partial charge < -0.3 is 0 Å². The highest BCUT2D eigenvalue weighted by Gasteiger charge is 2.24. The lowest BCUT2D eigenvalue weighted by atomic mass is 9.87. The normalized spacial score (nSPS) is 13.6. The quantitative estimate of drug-likeness (QED) is 0.944. The average molecular weight is 291 g/mol. The summed E-state index contributed by atoms with van der Waals surface area (Å²) in [5.74, 6) is -0.501. The third-order valence-corrected chi connectivity index (χ3v) is 4.53. The van der Waals surface area contributed by atoms with Gasteiger partial charge in [0.2, 0.25) is 0 Å². The van der Waals surface area contributed by atoms with E-state index in [0.717, 1.165) is 17.7 Å². The van der Waals surface area contributed by atoms with Crippen LogP contribution in [0.1, 0.15) is 15.9 Å². The molecule has 0 unspecified atom stereocenters. The zero-order valence-corrected chi connectivity index (χ0v) is 11.1. The van der Waals surface area contributed by atoms with Gasteiger partial charge in [-0.25, -0.2) is 12.8 Å². The van der Waals surface area contributed by atoms with E-state index in [2.05, 4.69) is 4.72 Å². The fraction of sp³-hybridized carbons (Fsp3) is 0.0714. The first-order chi connectivity index (χ1) is 9.45. The Kier molecular flexibility index (Phi) is 2.83. The van der Waals surface area contributed by atoms with Crippen molar-refractivity contribution in [3.63, 3.8) is 0 Å². The summed E-state index contributed by atoms with van der Waals surface area (Å²) in [7, 11) is -3.78. The van der Waals surface area contributed by atoms with Crippen molar-refractivity contribution in [3.8, 4) is 0 Å². The second-order valence-electron chi connectivity index (χ2n) is 4.53. The molecule has 1 N–H and O–H groups in total. The predicted octanol–water partition coefficient (Wildman–Crippen LogP) is 2.37. The molecule has 4 nitrogen and oxygen atoms in total. The number of Topliss-reactive ketones (excluding diaryl/α,β-unsaturated/α-hetero) is 1. The minimum atomic E-state index is -3.78. The molecule has 0 atom stereocenters. The number of hydrogen-bond acceptors (Lipinski definition) is 3. The first-order valence-electron chi connectivity index (χ1n) is 5.90. The van der Waals surface area contributed by atoms with Crippen LogP contribution >= 0.6 is 0 Å². The summed E-state index contributed by atoms with van der Waals surface area (Å²) in [6, 6.07) is 9.37. The van der Waals surface area contributed by atoms with Crippen LogP contribution < -0.4 is 4.72 Å². The monoisotopic (exact) mass is 291 g/mol. The molecule has 0 fully saturated rings. The molecule has 1 aliphatic rings. The highest BCUT2D eigenvalue weighted by atomic mass is 32.2. The first kappa shape index (κ1) is 12.8. The van der Waals surface area contributed by atoms with Crippen LogP contribution in [-0.4, -0.2) is 14.2 Å². The molecule has 2 aromatic rings. The summed E-state index contributed by atoms with van der Waals surface area (Å²) < 4.78 is 39.4. The fourth-order valence-corrected chi connectivity index (χ4v) is 3.09. The topological polar surface area (TPSA) is 63.2 Å². The van der Waals surface area contributed by atoms with Crippen LogP contribution in [0, 0.1) is 5.82 Å². The van der Waals surface area contributed by atoms with Gasteiger partial charge in [0.15, 0.2) is 5.78 Å². The zero-order chi connectivity index (χ0) is 14.3. The molecule has 20 heavy (non-hydrogen) atoms. The van der Waals surface area contributed by atoms with Crippen LogP contribution in [0.15, 0.2) is 47.4 Å². The smallest absolute Gasteiger partial charge is 0.261 e. The van der Waals surface area contributed by atoms with Gasteiger partial charge in [0.05, 0.1) is 4.90 Å². The molecule has 0 aromatic heterocycles. The van der Waals surface area contributed by atoms with Crippen molar-refractivity contribution < 1.29 is 17.6 Å². The van der Waals surface area contributed by atoms with Crippen molar-refractivity contribution in [2.24, 2.45) is 0 Å². The number of rotatable bonds is 3. The summed E-state index contributed by atoms with van der Waals surface area (Å²) in [5, 5.41) is 0. The Hall–Kier alpha value is -2.21. The molecule has 3 rings (SSSR count). The van der Waals surface area contributed by atoms with Crippen molar-refractivity contribution in [2.75, 3.05) is 4.72 Å². The van der Waals surface area contributed by atoms with Crippen molar-refractivity contribution in [2.45, 2.75) is 11.3 Å². The number of ketones is 1. The van der Waals surface area contributed by atoms with Crippen LogP contribution in [0.2, 0.25) is 0 Å². The standard InChI is InChI=1S/C14H10FNO3S/c15-10-2-5-12(6-3-10)20(18,19)16-11-4-1-9-7-14(17)13(9)8-11/h1-6,8,16H,7H2. The van der Waals surface area contributed by atoms with Gasteiger partial charge in [0, 0.05) is 17.7 Å². The Morgan fingerprint density at radius 1 is 1.05 bits per heavy atom. The number of carbonyl (C=O) groups excluding carboxylic acids is 1. The third kappa shape index (κ3) is 2.18. The second kappa shape index (κ2) is 4.42. The fourth-order valence-electron chi connectivity index (χ4n) is 2.04. The molecule has 0 aliphatic heterocycles. The second-order valence-corrected chi connectivity index (χ2v) is 6.21. The highest BCUT2D eigenvalue weighted by molar-refractivity contribution is 7.92. The predicted molar refractivity (Wildman–Crippen MR) is 71.7 cm³/mol. The summed E-state index contributed by atoms with van der Waals surface area (Å²) in [5.41, 5.74) is 1.78. The molecular formula is C14H10FNO3S. The lowest BCUT2D eigenvalue weighted by Gasteiger charge is -2.18. The molecule has 0 spiro atoms. The van der Waals surface area contributed by atoms with Crippen LogP contribution in [-0.2, 0) is 16.4 Å². The molecule has 0 amide bonds. The summed E-state index contributed by atoms with van der Waals surface area (Å²) >= 11 is 0. The van der Waals surface area contributed by atoms with E-state index in [4.69, 9.17) is 0 Å². The van der Waals surface area contributed by atoms with Gasteiger partial charge in [-0.2, -0.15) is 0 Å². The van der Waals surface area contributed by atoms with Crippen molar-refractivity contribution in [1.82, 2.24) is 0 Å². The number of hydrogen-bond donors (Lipinski definition) is 1. The van der Waals surface area contributed by atoms with E-state index >= 15 is 0 Å². The Morgan fingerprint density at radius 3 is 2.40 bits per heavy atom. The van der Waals surface area contributed by atoms with E-state index in [1.54, 1.807) is 12.1 Å². The molecule has 0 heterocycles. The highest BCUT2D eigenvalue weighted by Crippen LogP contribution is 2.27. The third-order valence-electron chi connectivity index (χ3n) is 3.14. The van der Waals surface area contributed by atoms with Crippen LogP contribution in [0.3, 0.4) is 0 Å². The number of anilines is 1. The van der Waals surface area contributed by atoms with Crippen LogP contribution in [0.4, 0.5) is 10.1 Å². The van der Waals surface area contributed by atoms with Gasteiger partial charge in [-0.15, -0.1) is 0 Å². The Balaban J connectivity index is 1.90. The lowest BCUT2D eigenvalue weighted by molar-refractivity contribution is 0.0968. The zero-order valence-electron chi connectivity index (χ0n) is 10.3. The van der Waals surface area contributed by atoms with Crippen LogP contribution in [0.25, 0.3) is 0 Å². The maximum absolute atomic E-state index is 12.8. The lowest BCUT2D eigenvalue weighted by Crippen LogP contribution is -2.20. The van der Waals surface area contributed by atoms with Gasteiger partial charge >= 0.3 is 0 Å². The number of carbonyl (C=O) groups is 1. The molecule has 0 saturated carbocycles. The number of halogens is 1. The van der Waals surface area contributed by atoms with Gasteiger partial charge in [-0.3, -0.25) is 9.52 Å². The number of benzene rings is 2. The maximum Gasteiger partial charge on any atom is 0.261 e. The summed E-state index contributed by atoms with van der Waals surface area (Å²) in [4.78, 5) is 11.3. The van der Waals surface area contributed by atoms with Crippen LogP contribution in [0.5, 0.6) is 0 Å². The SMILES string of the molecule is O=C1Cc2ccc(NS(=O)(=O)c3ccc(F)cc3)cc21. The number of nitrogens with one attached hydrogen (secondary N) is 1. The average Bonchev–Trinajstić information content (AvgIpc) is 2.40. The van der Waals surface area contributed by atoms with Gasteiger partial charge in [0.25, 0.3) is 10.0 Å². The molecule has 102 valence electrons. The minimum absolute atomic E-state index is 0.00262. The molecule has 2 aromatic carbocycles. The largest absolute Gasteiger partial charge is 0.294 e. The number of fused-ring (bicyclic) bond motifs is 1. The van der Waals surface area contributed by atoms with E-state index in [1.807, 2.05) is 0 Å². The maximum atomic E-state index is 12.8. The molecular weight excluding hydrogens is 281 g/mol. The van der Waals surface area contributed by atoms with E-state index in [-0.39, 0.29) is 10.7 Å². The van der Waals surface area contributed by atoms with Gasteiger partial charge in [-0.05, 0) is 42.0 Å². The molecule has 6 heteroatoms. The van der Waals surface area contributed by atoms with E-state index in [1.165, 1.54) is 18.2 Å².